The van der Waals surface area contributed by atoms with Crippen molar-refractivity contribution in [2.75, 3.05) is 39.5 Å². The van der Waals surface area contributed by atoms with E-state index in [0.29, 0.717) is 45.0 Å². The third kappa shape index (κ3) is 7.76. The minimum atomic E-state index is -4.93. The number of halogens is 6. The van der Waals surface area contributed by atoms with E-state index in [4.69, 9.17) is 9.47 Å². The highest BCUT2D eigenvalue weighted by Gasteiger charge is 2.38. The number of allylic oxidation sites excluding steroid dienone is 3. The largest absolute Gasteiger partial charge is 0.416 e. The third-order valence-electron chi connectivity index (χ3n) is 7.47. The van der Waals surface area contributed by atoms with Gasteiger partial charge in [0.2, 0.25) is 0 Å². The van der Waals surface area contributed by atoms with Crippen molar-refractivity contribution in [1.82, 2.24) is 15.5 Å². The SMILES string of the molecule is C[C@@H](OC[C@H]1NC[C@@H](NC(=O)N2CCOCC2)CCC2C=CC=CC21)c1cc(C(F)(F)F)cc(C(F)(F)F)c1. The monoisotopic (exact) mass is 561 g/mol. The van der Waals surface area contributed by atoms with Crippen LogP contribution >= 0.6 is 0 Å². The Balaban J connectivity index is 1.45. The number of carbonyl (C=O) groups excluding carboxylic acids is 1. The molecule has 2 heterocycles. The molecule has 1 aromatic rings. The van der Waals surface area contributed by atoms with Crippen molar-refractivity contribution in [3.05, 3.63) is 59.2 Å². The predicted octanol–water partition coefficient (Wildman–Crippen LogP) is 5.32. The van der Waals surface area contributed by atoms with Crippen LogP contribution in [-0.2, 0) is 21.8 Å². The summed E-state index contributed by atoms with van der Waals surface area (Å²) in [6.45, 7) is 3.96. The average Bonchev–Trinajstić information content (AvgIpc) is 2.89. The van der Waals surface area contributed by atoms with Crippen LogP contribution in [0.1, 0.15) is 42.6 Å². The number of hydrogen-bond donors (Lipinski definition) is 2. The van der Waals surface area contributed by atoms with Crippen molar-refractivity contribution in [2.45, 2.75) is 50.3 Å². The number of fused-ring (bicyclic) bond motifs is 1. The molecule has 1 aliphatic carbocycles. The molecular weight excluding hydrogens is 528 g/mol. The Morgan fingerprint density at radius 2 is 1.69 bits per heavy atom. The summed E-state index contributed by atoms with van der Waals surface area (Å²) < 4.78 is 91.1. The number of alkyl halides is 6. The molecule has 0 saturated carbocycles. The first-order chi connectivity index (χ1) is 18.4. The Morgan fingerprint density at radius 1 is 1.05 bits per heavy atom. The topological polar surface area (TPSA) is 62.8 Å². The van der Waals surface area contributed by atoms with Crippen molar-refractivity contribution in [3.63, 3.8) is 0 Å². The molecule has 2 saturated heterocycles. The molecule has 2 amide bonds. The summed E-state index contributed by atoms with van der Waals surface area (Å²) in [6, 6.07) is 0.936. The molecule has 6 nitrogen and oxygen atoms in total. The van der Waals surface area contributed by atoms with Crippen LogP contribution in [-0.4, -0.2) is 62.5 Å². The van der Waals surface area contributed by atoms with E-state index in [0.717, 1.165) is 12.8 Å². The van der Waals surface area contributed by atoms with Crippen molar-refractivity contribution in [2.24, 2.45) is 11.8 Å². The summed E-state index contributed by atoms with van der Waals surface area (Å²) in [5.74, 6) is 0.158. The molecule has 12 heteroatoms. The molecule has 0 aromatic heterocycles. The van der Waals surface area contributed by atoms with E-state index < -0.39 is 29.6 Å². The van der Waals surface area contributed by atoms with E-state index in [9.17, 15) is 31.1 Å². The number of carbonyl (C=O) groups is 1. The summed E-state index contributed by atoms with van der Waals surface area (Å²) in [6.07, 6.45) is -1.33. The lowest BCUT2D eigenvalue weighted by molar-refractivity contribution is -0.143. The van der Waals surface area contributed by atoms with E-state index >= 15 is 0 Å². The zero-order chi connectivity index (χ0) is 28.2. The molecule has 39 heavy (non-hydrogen) atoms. The van der Waals surface area contributed by atoms with E-state index in [1.165, 1.54) is 6.92 Å². The van der Waals surface area contributed by atoms with Gasteiger partial charge in [-0.15, -0.1) is 0 Å². The minimum absolute atomic E-state index is 0.0188. The van der Waals surface area contributed by atoms with E-state index in [1.54, 1.807) is 4.90 Å². The fourth-order valence-electron chi connectivity index (χ4n) is 5.20. The van der Waals surface area contributed by atoms with Crippen LogP contribution in [0, 0.1) is 11.8 Å². The maximum Gasteiger partial charge on any atom is 0.416 e. The van der Waals surface area contributed by atoms with Crippen LogP contribution < -0.4 is 10.6 Å². The number of urea groups is 1. The van der Waals surface area contributed by atoms with Crippen molar-refractivity contribution in [1.29, 1.82) is 0 Å². The lowest BCUT2D eigenvalue weighted by Gasteiger charge is -2.38. The highest BCUT2D eigenvalue weighted by molar-refractivity contribution is 5.74. The van der Waals surface area contributed by atoms with E-state index in [1.807, 2.05) is 18.2 Å². The van der Waals surface area contributed by atoms with Crippen LogP contribution in [0.3, 0.4) is 0 Å². The van der Waals surface area contributed by atoms with Gasteiger partial charge in [0.1, 0.15) is 0 Å². The molecule has 0 spiro atoms. The van der Waals surface area contributed by atoms with E-state index in [2.05, 4.69) is 16.7 Å². The molecule has 4 rings (SSSR count). The fraction of sp³-hybridized carbons (Fsp3) is 0.593. The van der Waals surface area contributed by atoms with Gasteiger partial charge in [-0.2, -0.15) is 26.3 Å². The van der Waals surface area contributed by atoms with Gasteiger partial charge >= 0.3 is 18.4 Å². The van der Waals surface area contributed by atoms with Gasteiger partial charge in [-0.05, 0) is 49.4 Å². The van der Waals surface area contributed by atoms with Gasteiger partial charge in [-0.1, -0.05) is 24.3 Å². The van der Waals surface area contributed by atoms with Gasteiger partial charge in [0, 0.05) is 37.6 Å². The van der Waals surface area contributed by atoms with Crippen LogP contribution in [0.4, 0.5) is 31.1 Å². The maximum atomic E-state index is 13.3. The normalized spacial score (nSPS) is 26.9. The molecule has 2 aliphatic heterocycles. The van der Waals surface area contributed by atoms with Crippen molar-refractivity contribution < 1.29 is 40.6 Å². The summed E-state index contributed by atoms with van der Waals surface area (Å²) in [5.41, 5.74) is -2.94. The first-order valence-electron chi connectivity index (χ1n) is 13.0. The van der Waals surface area contributed by atoms with Gasteiger partial charge < -0.3 is 25.0 Å². The second-order valence-electron chi connectivity index (χ2n) is 10.2. The number of hydrogen-bond acceptors (Lipinski definition) is 4. The second-order valence-corrected chi connectivity index (χ2v) is 10.2. The first-order valence-corrected chi connectivity index (χ1v) is 13.0. The Bertz CT molecular complexity index is 1020. The van der Waals surface area contributed by atoms with Gasteiger partial charge in [-0.25, -0.2) is 4.79 Å². The van der Waals surface area contributed by atoms with Gasteiger partial charge in [0.05, 0.1) is 37.1 Å². The zero-order valence-electron chi connectivity index (χ0n) is 21.5. The first kappa shape index (κ1) is 29.4. The lowest BCUT2D eigenvalue weighted by atomic mass is 9.78. The quantitative estimate of drug-likeness (QED) is 0.478. The fourth-order valence-corrected chi connectivity index (χ4v) is 5.20. The minimum Gasteiger partial charge on any atom is -0.378 e. The second kappa shape index (κ2) is 12.3. The summed E-state index contributed by atoms with van der Waals surface area (Å²) in [4.78, 5) is 14.4. The summed E-state index contributed by atoms with van der Waals surface area (Å²) >= 11 is 0. The smallest absolute Gasteiger partial charge is 0.378 e. The number of nitrogens with one attached hydrogen (secondary N) is 2. The lowest BCUT2D eigenvalue weighted by Crippen LogP contribution is -2.55. The standard InChI is InChI=1S/C27H33F6N3O3/c1-17(19-12-20(26(28,29)30)14-21(13-19)27(31,32)33)39-16-24-23-5-3-2-4-18(23)6-7-22(15-34-24)35-25(37)36-8-10-38-11-9-36/h2-5,12-14,17-18,22-24,34H,6-11,15-16H2,1H3,(H,35,37)/t17-,18?,22+,23?,24-/m1/s1. The number of amides is 2. The molecule has 1 aromatic carbocycles. The number of benzene rings is 1. The number of nitrogens with zero attached hydrogens (tertiary/aromatic N) is 1. The highest BCUT2D eigenvalue weighted by atomic mass is 19.4. The molecule has 2 N–H and O–H groups in total. The Kier molecular flexibility index (Phi) is 9.28. The maximum absolute atomic E-state index is 13.3. The summed E-state index contributed by atoms with van der Waals surface area (Å²) in [7, 11) is 0. The molecule has 5 atom stereocenters. The van der Waals surface area contributed by atoms with E-state index in [-0.39, 0.29) is 48.2 Å². The Hall–Kier alpha value is -2.57. The average molecular weight is 562 g/mol. The number of ether oxygens (including phenoxy) is 2. The van der Waals surface area contributed by atoms with Gasteiger partial charge in [0.25, 0.3) is 0 Å². The van der Waals surface area contributed by atoms with Crippen molar-refractivity contribution in [3.8, 4) is 0 Å². The van der Waals surface area contributed by atoms with Crippen LogP contribution in [0.25, 0.3) is 0 Å². The molecule has 216 valence electrons. The Morgan fingerprint density at radius 3 is 2.33 bits per heavy atom. The van der Waals surface area contributed by atoms with Crippen LogP contribution in [0.15, 0.2) is 42.5 Å². The number of morpholine rings is 1. The molecule has 2 unspecified atom stereocenters. The third-order valence-corrected chi connectivity index (χ3v) is 7.47. The molecule has 2 fully saturated rings. The zero-order valence-corrected chi connectivity index (χ0v) is 21.5. The molecule has 0 radical (unpaired) electrons. The predicted molar refractivity (Wildman–Crippen MR) is 132 cm³/mol. The molecular formula is C27H33F6N3O3. The van der Waals surface area contributed by atoms with Crippen molar-refractivity contribution >= 4 is 6.03 Å². The van der Waals surface area contributed by atoms with Crippen LogP contribution in [0.5, 0.6) is 0 Å². The highest BCUT2D eigenvalue weighted by Crippen LogP contribution is 2.38. The number of rotatable bonds is 5. The van der Waals surface area contributed by atoms with Crippen LogP contribution in [0.2, 0.25) is 0 Å². The van der Waals surface area contributed by atoms with Gasteiger partial charge in [-0.3, -0.25) is 0 Å². The molecule has 0 bridgehead atoms. The Labute approximate surface area is 223 Å². The van der Waals surface area contributed by atoms with Gasteiger partial charge in [0.15, 0.2) is 0 Å². The molecule has 3 aliphatic rings. The summed E-state index contributed by atoms with van der Waals surface area (Å²) in [5, 5.41) is 6.51.